The Balaban J connectivity index is 2.36. The van der Waals surface area contributed by atoms with Crippen LogP contribution in [0.4, 0.5) is 8.78 Å². The van der Waals surface area contributed by atoms with Gasteiger partial charge in [-0.05, 0) is 26.6 Å². The molecule has 4 heteroatoms. The number of piperidine rings is 1. The molecule has 0 bridgehead atoms. The second-order valence-corrected chi connectivity index (χ2v) is 3.82. The summed E-state index contributed by atoms with van der Waals surface area (Å²) >= 11 is 0. The molecule has 1 N–H and O–H groups in total. The first-order valence-electron chi connectivity index (χ1n) is 4.23. The van der Waals surface area contributed by atoms with Gasteiger partial charge in [-0.3, -0.25) is 0 Å². The van der Waals surface area contributed by atoms with E-state index in [4.69, 9.17) is 0 Å². The van der Waals surface area contributed by atoms with Crippen molar-refractivity contribution in [1.29, 1.82) is 0 Å². The van der Waals surface area contributed by atoms with E-state index in [1.807, 2.05) is 19.0 Å². The van der Waals surface area contributed by atoms with Gasteiger partial charge in [-0.1, -0.05) is 0 Å². The van der Waals surface area contributed by atoms with Crippen LogP contribution in [0.5, 0.6) is 0 Å². The summed E-state index contributed by atoms with van der Waals surface area (Å²) in [4.78, 5) is 1.95. The van der Waals surface area contributed by atoms with E-state index < -0.39 is 5.92 Å². The predicted molar refractivity (Wildman–Crippen MR) is 44.5 cm³/mol. The maximum atomic E-state index is 12.8. The molecule has 0 saturated carbocycles. The van der Waals surface area contributed by atoms with Crippen molar-refractivity contribution in [2.24, 2.45) is 5.92 Å². The van der Waals surface area contributed by atoms with Crippen LogP contribution in [0.25, 0.3) is 0 Å². The van der Waals surface area contributed by atoms with Gasteiger partial charge in [-0.25, -0.2) is 8.78 Å². The molecule has 1 unspecified atom stereocenters. The van der Waals surface area contributed by atoms with E-state index in [1.165, 1.54) is 0 Å². The van der Waals surface area contributed by atoms with Crippen molar-refractivity contribution in [3.05, 3.63) is 0 Å². The first kappa shape index (κ1) is 9.86. The molecule has 1 atom stereocenters. The minimum absolute atomic E-state index is 0.0260. The molecule has 0 aromatic heterocycles. The lowest BCUT2D eigenvalue weighted by Gasteiger charge is -2.31. The zero-order chi connectivity index (χ0) is 9.19. The second-order valence-electron chi connectivity index (χ2n) is 3.82. The van der Waals surface area contributed by atoms with E-state index in [-0.39, 0.29) is 18.9 Å². The number of hydrogen-bond acceptors (Lipinski definition) is 2. The van der Waals surface area contributed by atoms with Crippen LogP contribution in [0.15, 0.2) is 0 Å². The Kier molecular flexibility index (Phi) is 3.01. The SMILES string of the molecule is CN(C)CC1CNCC(F)(F)C1. The van der Waals surface area contributed by atoms with Crippen molar-refractivity contribution in [2.45, 2.75) is 12.3 Å². The minimum atomic E-state index is -2.50. The topological polar surface area (TPSA) is 15.3 Å². The number of nitrogens with zero attached hydrogens (tertiary/aromatic N) is 1. The third-order valence-corrected chi connectivity index (χ3v) is 2.03. The van der Waals surface area contributed by atoms with Crippen LogP contribution < -0.4 is 5.32 Å². The lowest BCUT2D eigenvalue weighted by Crippen LogP contribution is -2.46. The molecule has 1 fully saturated rings. The van der Waals surface area contributed by atoms with Crippen LogP contribution in [-0.2, 0) is 0 Å². The third kappa shape index (κ3) is 3.03. The Morgan fingerprint density at radius 3 is 2.67 bits per heavy atom. The zero-order valence-corrected chi connectivity index (χ0v) is 7.61. The summed E-state index contributed by atoms with van der Waals surface area (Å²) in [7, 11) is 3.82. The zero-order valence-electron chi connectivity index (χ0n) is 7.61. The van der Waals surface area contributed by atoms with Gasteiger partial charge < -0.3 is 10.2 Å². The molecule has 72 valence electrons. The van der Waals surface area contributed by atoms with Gasteiger partial charge in [0.2, 0.25) is 0 Å². The molecule has 0 aliphatic carbocycles. The summed E-state index contributed by atoms with van der Waals surface area (Å²) in [6.45, 7) is 1.30. The van der Waals surface area contributed by atoms with Gasteiger partial charge in [0.15, 0.2) is 0 Å². The Bertz CT molecular complexity index is 148. The summed E-state index contributed by atoms with van der Waals surface area (Å²) in [5, 5.41) is 2.75. The summed E-state index contributed by atoms with van der Waals surface area (Å²) in [6, 6.07) is 0. The van der Waals surface area contributed by atoms with E-state index in [9.17, 15) is 8.78 Å². The first-order chi connectivity index (χ1) is 5.49. The van der Waals surface area contributed by atoms with Crippen molar-refractivity contribution >= 4 is 0 Å². The Morgan fingerprint density at radius 2 is 2.17 bits per heavy atom. The number of nitrogens with one attached hydrogen (secondary N) is 1. The highest BCUT2D eigenvalue weighted by molar-refractivity contribution is 4.82. The largest absolute Gasteiger partial charge is 0.311 e. The fourth-order valence-corrected chi connectivity index (χ4v) is 1.67. The van der Waals surface area contributed by atoms with Crippen molar-refractivity contribution in [2.75, 3.05) is 33.7 Å². The van der Waals surface area contributed by atoms with Gasteiger partial charge in [-0.2, -0.15) is 0 Å². The maximum Gasteiger partial charge on any atom is 0.260 e. The number of rotatable bonds is 2. The average molecular weight is 178 g/mol. The molecule has 1 heterocycles. The number of halogens is 2. The van der Waals surface area contributed by atoms with Crippen LogP contribution in [0, 0.1) is 5.92 Å². The van der Waals surface area contributed by atoms with Gasteiger partial charge in [0.05, 0.1) is 6.54 Å². The van der Waals surface area contributed by atoms with E-state index in [0.29, 0.717) is 6.54 Å². The molecular weight excluding hydrogens is 162 g/mol. The predicted octanol–water partition coefficient (Wildman–Crippen LogP) is 0.793. The molecule has 0 aromatic rings. The van der Waals surface area contributed by atoms with Gasteiger partial charge in [0.1, 0.15) is 0 Å². The average Bonchev–Trinajstić information content (AvgIpc) is 1.82. The Hall–Kier alpha value is -0.220. The van der Waals surface area contributed by atoms with Gasteiger partial charge in [-0.15, -0.1) is 0 Å². The third-order valence-electron chi connectivity index (χ3n) is 2.03. The molecule has 1 aliphatic rings. The standard InChI is InChI=1S/C8H16F2N2/c1-12(2)5-7-3-8(9,10)6-11-4-7/h7,11H,3-6H2,1-2H3. The molecule has 0 amide bonds. The summed E-state index contributed by atoms with van der Waals surface area (Å²) in [6.07, 6.45) is 0.0260. The van der Waals surface area contributed by atoms with Crippen molar-refractivity contribution < 1.29 is 8.78 Å². The van der Waals surface area contributed by atoms with Crippen LogP contribution in [0.3, 0.4) is 0 Å². The number of hydrogen-bond donors (Lipinski definition) is 1. The molecule has 2 nitrogen and oxygen atoms in total. The quantitative estimate of drug-likeness (QED) is 0.672. The molecule has 1 aliphatic heterocycles. The van der Waals surface area contributed by atoms with E-state index in [0.717, 1.165) is 6.54 Å². The van der Waals surface area contributed by atoms with E-state index in [1.54, 1.807) is 0 Å². The van der Waals surface area contributed by atoms with E-state index in [2.05, 4.69) is 5.32 Å². The van der Waals surface area contributed by atoms with Gasteiger partial charge in [0.25, 0.3) is 5.92 Å². The van der Waals surface area contributed by atoms with E-state index >= 15 is 0 Å². The van der Waals surface area contributed by atoms with Crippen molar-refractivity contribution in [3.8, 4) is 0 Å². The first-order valence-corrected chi connectivity index (χ1v) is 4.23. The Labute approximate surface area is 71.9 Å². The summed E-state index contributed by atoms with van der Waals surface area (Å²) in [5.74, 6) is -2.41. The second kappa shape index (κ2) is 3.66. The maximum absolute atomic E-state index is 12.8. The molecule has 1 rings (SSSR count). The summed E-state index contributed by atoms with van der Waals surface area (Å²) in [5.41, 5.74) is 0. The fraction of sp³-hybridized carbons (Fsp3) is 1.00. The summed E-state index contributed by atoms with van der Waals surface area (Å²) < 4.78 is 25.6. The fourth-order valence-electron chi connectivity index (χ4n) is 1.67. The highest BCUT2D eigenvalue weighted by Gasteiger charge is 2.35. The molecule has 0 radical (unpaired) electrons. The molecule has 1 saturated heterocycles. The molecule has 0 spiro atoms. The molecule has 12 heavy (non-hydrogen) atoms. The lowest BCUT2D eigenvalue weighted by molar-refractivity contribution is -0.0421. The van der Waals surface area contributed by atoms with Crippen LogP contribution >= 0.6 is 0 Å². The highest BCUT2D eigenvalue weighted by Crippen LogP contribution is 2.26. The monoisotopic (exact) mass is 178 g/mol. The highest BCUT2D eigenvalue weighted by atomic mass is 19.3. The van der Waals surface area contributed by atoms with Gasteiger partial charge >= 0.3 is 0 Å². The molecular formula is C8H16F2N2. The van der Waals surface area contributed by atoms with Crippen LogP contribution in [-0.4, -0.2) is 44.6 Å². The minimum Gasteiger partial charge on any atom is -0.311 e. The van der Waals surface area contributed by atoms with Gasteiger partial charge in [0, 0.05) is 13.0 Å². The smallest absolute Gasteiger partial charge is 0.260 e. The molecule has 0 aromatic carbocycles. The number of alkyl halides is 2. The van der Waals surface area contributed by atoms with Crippen LogP contribution in [0.1, 0.15) is 6.42 Å². The Morgan fingerprint density at radius 1 is 1.50 bits per heavy atom. The van der Waals surface area contributed by atoms with Crippen molar-refractivity contribution in [1.82, 2.24) is 10.2 Å². The lowest BCUT2D eigenvalue weighted by atomic mass is 9.96. The van der Waals surface area contributed by atoms with Crippen molar-refractivity contribution in [3.63, 3.8) is 0 Å². The van der Waals surface area contributed by atoms with Crippen LogP contribution in [0.2, 0.25) is 0 Å². The normalized spacial score (nSPS) is 29.2.